The van der Waals surface area contributed by atoms with E-state index in [2.05, 4.69) is 26.1 Å². The third-order valence-electron chi connectivity index (χ3n) is 3.12. The molecule has 1 saturated carbocycles. The molecule has 2 nitrogen and oxygen atoms in total. The van der Waals surface area contributed by atoms with E-state index in [0.29, 0.717) is 11.5 Å². The van der Waals surface area contributed by atoms with Crippen molar-refractivity contribution in [3.05, 3.63) is 23.7 Å². The molecule has 1 aromatic heterocycles. The Balaban J connectivity index is 1.77. The number of nitrogens with one attached hydrogen (secondary N) is 1. The highest BCUT2D eigenvalue weighted by molar-refractivity contribution is 5.14. The molecule has 0 radical (unpaired) electrons. The van der Waals surface area contributed by atoms with Gasteiger partial charge in [-0.2, -0.15) is 0 Å². The van der Waals surface area contributed by atoms with Crippen molar-refractivity contribution in [2.24, 2.45) is 5.41 Å². The third kappa shape index (κ3) is 2.01. The minimum absolute atomic E-state index is 0.551. The SMILES string of the molecule is Cc1ccoc1CNC1CC(C)(C)C1. The summed E-state index contributed by atoms with van der Waals surface area (Å²) in [7, 11) is 0. The molecule has 0 aromatic carbocycles. The predicted octanol–water partition coefficient (Wildman–Crippen LogP) is 2.87. The minimum Gasteiger partial charge on any atom is -0.468 e. The average Bonchev–Trinajstić information content (AvgIpc) is 2.44. The largest absolute Gasteiger partial charge is 0.468 e. The second-order valence-corrected chi connectivity index (χ2v) is 5.18. The maximum absolute atomic E-state index is 5.37. The first kappa shape index (κ1) is 9.78. The van der Waals surface area contributed by atoms with Gasteiger partial charge in [0.05, 0.1) is 12.8 Å². The Morgan fingerprint density at radius 3 is 2.71 bits per heavy atom. The molecular weight excluding hydrogens is 174 g/mol. The molecule has 1 aromatic rings. The van der Waals surface area contributed by atoms with Gasteiger partial charge in [0.1, 0.15) is 5.76 Å². The normalized spacial score (nSPS) is 20.8. The van der Waals surface area contributed by atoms with Gasteiger partial charge in [0, 0.05) is 6.04 Å². The Morgan fingerprint density at radius 1 is 1.50 bits per heavy atom. The summed E-state index contributed by atoms with van der Waals surface area (Å²) in [6.07, 6.45) is 4.33. The fourth-order valence-corrected chi connectivity index (χ4v) is 2.24. The summed E-state index contributed by atoms with van der Waals surface area (Å²) in [5.74, 6) is 1.08. The van der Waals surface area contributed by atoms with Crippen molar-refractivity contribution in [2.45, 2.75) is 46.2 Å². The van der Waals surface area contributed by atoms with E-state index < -0.39 is 0 Å². The molecule has 2 heteroatoms. The van der Waals surface area contributed by atoms with Gasteiger partial charge < -0.3 is 9.73 Å². The Labute approximate surface area is 85.7 Å². The number of rotatable bonds is 3. The van der Waals surface area contributed by atoms with Gasteiger partial charge in [0.2, 0.25) is 0 Å². The fraction of sp³-hybridized carbons (Fsp3) is 0.667. The lowest BCUT2D eigenvalue weighted by Crippen LogP contribution is -2.45. The van der Waals surface area contributed by atoms with E-state index in [0.717, 1.165) is 12.3 Å². The molecule has 2 rings (SSSR count). The van der Waals surface area contributed by atoms with Crippen molar-refractivity contribution in [1.29, 1.82) is 0 Å². The summed E-state index contributed by atoms with van der Waals surface area (Å²) in [5, 5.41) is 3.52. The first-order valence-corrected chi connectivity index (χ1v) is 5.33. The second kappa shape index (κ2) is 3.43. The summed E-state index contributed by atoms with van der Waals surface area (Å²) in [6.45, 7) is 7.61. The zero-order valence-corrected chi connectivity index (χ0v) is 9.26. The molecule has 0 saturated heterocycles. The van der Waals surface area contributed by atoms with Crippen LogP contribution < -0.4 is 5.32 Å². The van der Waals surface area contributed by atoms with E-state index in [1.165, 1.54) is 18.4 Å². The molecule has 1 fully saturated rings. The first-order valence-electron chi connectivity index (χ1n) is 5.33. The lowest BCUT2D eigenvalue weighted by atomic mass is 9.68. The maximum atomic E-state index is 5.37. The van der Waals surface area contributed by atoms with Gasteiger partial charge in [-0.05, 0) is 36.8 Å². The molecule has 0 unspecified atom stereocenters. The highest BCUT2D eigenvalue weighted by Gasteiger charge is 2.35. The molecule has 14 heavy (non-hydrogen) atoms. The van der Waals surface area contributed by atoms with Gasteiger partial charge in [-0.25, -0.2) is 0 Å². The first-order chi connectivity index (χ1) is 6.57. The fourth-order valence-electron chi connectivity index (χ4n) is 2.24. The summed E-state index contributed by atoms with van der Waals surface area (Å²) in [5.41, 5.74) is 1.80. The van der Waals surface area contributed by atoms with E-state index in [1.54, 1.807) is 6.26 Å². The van der Waals surface area contributed by atoms with Gasteiger partial charge in [0.25, 0.3) is 0 Å². The van der Waals surface area contributed by atoms with E-state index in [9.17, 15) is 0 Å². The Kier molecular flexibility index (Phi) is 2.40. The number of aryl methyl sites for hydroxylation is 1. The van der Waals surface area contributed by atoms with Crippen LogP contribution in [0.3, 0.4) is 0 Å². The molecule has 0 atom stereocenters. The lowest BCUT2D eigenvalue weighted by molar-refractivity contribution is 0.123. The number of hydrogen-bond acceptors (Lipinski definition) is 2. The van der Waals surface area contributed by atoms with E-state index in [4.69, 9.17) is 4.42 Å². The second-order valence-electron chi connectivity index (χ2n) is 5.18. The summed E-state index contributed by atoms with van der Waals surface area (Å²) < 4.78 is 5.37. The summed E-state index contributed by atoms with van der Waals surface area (Å²) >= 11 is 0. The quantitative estimate of drug-likeness (QED) is 0.798. The van der Waals surface area contributed by atoms with Crippen LogP contribution >= 0.6 is 0 Å². The maximum Gasteiger partial charge on any atom is 0.120 e. The number of hydrogen-bond donors (Lipinski definition) is 1. The molecular formula is C12H19NO. The van der Waals surface area contributed by atoms with Crippen molar-refractivity contribution in [3.8, 4) is 0 Å². The minimum atomic E-state index is 0.551. The Morgan fingerprint density at radius 2 is 2.21 bits per heavy atom. The van der Waals surface area contributed by atoms with Crippen molar-refractivity contribution in [3.63, 3.8) is 0 Å². The third-order valence-corrected chi connectivity index (χ3v) is 3.12. The van der Waals surface area contributed by atoms with Crippen LogP contribution in [-0.4, -0.2) is 6.04 Å². The molecule has 1 N–H and O–H groups in total. The Hall–Kier alpha value is -0.760. The van der Waals surface area contributed by atoms with Crippen LogP contribution in [0.25, 0.3) is 0 Å². The van der Waals surface area contributed by atoms with Gasteiger partial charge >= 0.3 is 0 Å². The standard InChI is InChI=1S/C12H19NO/c1-9-4-5-14-11(9)8-13-10-6-12(2,3)7-10/h4-5,10,13H,6-8H2,1-3H3. The highest BCUT2D eigenvalue weighted by atomic mass is 16.3. The van der Waals surface area contributed by atoms with Gasteiger partial charge in [-0.1, -0.05) is 13.8 Å². The number of furan rings is 1. The predicted molar refractivity (Wildman–Crippen MR) is 57.1 cm³/mol. The van der Waals surface area contributed by atoms with Crippen molar-refractivity contribution in [1.82, 2.24) is 5.32 Å². The van der Waals surface area contributed by atoms with Gasteiger partial charge in [-0.15, -0.1) is 0 Å². The molecule has 0 aliphatic heterocycles. The van der Waals surface area contributed by atoms with Crippen molar-refractivity contribution < 1.29 is 4.42 Å². The van der Waals surface area contributed by atoms with Crippen molar-refractivity contribution >= 4 is 0 Å². The zero-order valence-electron chi connectivity index (χ0n) is 9.26. The monoisotopic (exact) mass is 193 g/mol. The molecule has 0 bridgehead atoms. The smallest absolute Gasteiger partial charge is 0.120 e. The highest BCUT2D eigenvalue weighted by Crippen LogP contribution is 2.39. The van der Waals surface area contributed by atoms with E-state index in [-0.39, 0.29) is 0 Å². The van der Waals surface area contributed by atoms with Crippen LogP contribution in [0.15, 0.2) is 16.7 Å². The van der Waals surface area contributed by atoms with Crippen LogP contribution in [0.2, 0.25) is 0 Å². The van der Waals surface area contributed by atoms with Gasteiger partial charge in [0.15, 0.2) is 0 Å². The molecule has 1 heterocycles. The van der Waals surface area contributed by atoms with Gasteiger partial charge in [-0.3, -0.25) is 0 Å². The molecule has 78 valence electrons. The molecule has 1 aliphatic carbocycles. The lowest BCUT2D eigenvalue weighted by Gasteiger charge is -2.43. The average molecular weight is 193 g/mol. The molecule has 0 amide bonds. The molecule has 0 spiro atoms. The molecule has 1 aliphatic rings. The topological polar surface area (TPSA) is 25.2 Å². The zero-order chi connectivity index (χ0) is 10.2. The van der Waals surface area contributed by atoms with Crippen LogP contribution in [-0.2, 0) is 6.54 Å². The summed E-state index contributed by atoms with van der Waals surface area (Å²) in [4.78, 5) is 0. The van der Waals surface area contributed by atoms with Crippen LogP contribution in [0, 0.1) is 12.3 Å². The van der Waals surface area contributed by atoms with E-state index in [1.807, 2.05) is 6.07 Å². The van der Waals surface area contributed by atoms with Crippen LogP contribution in [0.5, 0.6) is 0 Å². The van der Waals surface area contributed by atoms with Crippen LogP contribution in [0.1, 0.15) is 38.0 Å². The van der Waals surface area contributed by atoms with E-state index >= 15 is 0 Å². The van der Waals surface area contributed by atoms with Crippen molar-refractivity contribution in [2.75, 3.05) is 0 Å². The van der Waals surface area contributed by atoms with Crippen LogP contribution in [0.4, 0.5) is 0 Å². The Bertz CT molecular complexity index is 306. The summed E-state index contributed by atoms with van der Waals surface area (Å²) in [6, 6.07) is 2.70.